The highest BCUT2D eigenvalue weighted by Crippen LogP contribution is 2.16. The van der Waals surface area contributed by atoms with Gasteiger partial charge in [-0.25, -0.2) is 4.79 Å². The number of benzene rings is 1. The molecule has 0 bridgehead atoms. The molecular weight excluding hydrogens is 366 g/mol. The van der Waals surface area contributed by atoms with Crippen LogP contribution in [0.4, 0.5) is 10.5 Å². The molecule has 3 rings (SSSR count). The average molecular weight is 390 g/mol. The Morgan fingerprint density at radius 1 is 1.11 bits per heavy atom. The van der Waals surface area contributed by atoms with Crippen LogP contribution in [0.1, 0.15) is 19.3 Å². The second-order valence-corrected chi connectivity index (χ2v) is 6.97. The summed E-state index contributed by atoms with van der Waals surface area (Å²) in [7, 11) is 0. The van der Waals surface area contributed by atoms with Gasteiger partial charge in [-0.1, -0.05) is 17.7 Å². The predicted octanol–water partition coefficient (Wildman–Crippen LogP) is 3.08. The van der Waals surface area contributed by atoms with E-state index in [0.717, 1.165) is 19.4 Å². The van der Waals surface area contributed by atoms with E-state index in [2.05, 4.69) is 10.4 Å². The van der Waals surface area contributed by atoms with Crippen LogP contribution in [0.25, 0.3) is 0 Å². The minimum absolute atomic E-state index is 0.138. The Labute approximate surface area is 163 Å². The zero-order valence-corrected chi connectivity index (χ0v) is 15.9. The van der Waals surface area contributed by atoms with Gasteiger partial charge in [-0.15, -0.1) is 0 Å². The fourth-order valence-electron chi connectivity index (χ4n) is 3.12. The van der Waals surface area contributed by atoms with E-state index in [1.54, 1.807) is 35.4 Å². The van der Waals surface area contributed by atoms with Crippen LogP contribution < -0.4 is 5.32 Å². The second kappa shape index (κ2) is 9.41. The van der Waals surface area contributed by atoms with E-state index in [4.69, 9.17) is 11.6 Å². The number of nitrogens with one attached hydrogen (secondary N) is 1. The zero-order chi connectivity index (χ0) is 19.1. The van der Waals surface area contributed by atoms with Crippen molar-refractivity contribution in [3.8, 4) is 0 Å². The highest BCUT2D eigenvalue weighted by molar-refractivity contribution is 6.30. The van der Waals surface area contributed by atoms with E-state index in [1.807, 2.05) is 21.8 Å². The average Bonchev–Trinajstić information content (AvgIpc) is 3.03. The third-order valence-electron chi connectivity index (χ3n) is 4.55. The highest BCUT2D eigenvalue weighted by Gasteiger charge is 2.21. The minimum Gasteiger partial charge on any atom is -0.341 e. The molecule has 2 aromatic rings. The first-order chi connectivity index (χ1) is 13.1. The summed E-state index contributed by atoms with van der Waals surface area (Å²) in [6.07, 6.45) is 5.66. The predicted molar refractivity (Wildman–Crippen MR) is 105 cm³/mol. The molecule has 8 heteroatoms. The number of amides is 3. The molecule has 0 aliphatic carbocycles. The molecule has 144 valence electrons. The van der Waals surface area contributed by atoms with Gasteiger partial charge in [0, 0.05) is 62.2 Å². The number of nitrogens with zero attached hydrogens (tertiary/aromatic N) is 4. The smallest absolute Gasteiger partial charge is 0.321 e. The van der Waals surface area contributed by atoms with Crippen molar-refractivity contribution >= 4 is 29.2 Å². The van der Waals surface area contributed by atoms with Crippen molar-refractivity contribution in [2.75, 3.05) is 31.5 Å². The monoisotopic (exact) mass is 389 g/mol. The third-order valence-corrected chi connectivity index (χ3v) is 4.78. The number of rotatable bonds is 5. The topological polar surface area (TPSA) is 70.5 Å². The van der Waals surface area contributed by atoms with E-state index in [0.29, 0.717) is 43.3 Å². The van der Waals surface area contributed by atoms with E-state index in [-0.39, 0.29) is 11.9 Å². The Bertz CT molecular complexity index is 765. The number of urea groups is 1. The van der Waals surface area contributed by atoms with Crippen molar-refractivity contribution in [3.63, 3.8) is 0 Å². The molecule has 0 atom stereocenters. The highest BCUT2D eigenvalue weighted by atomic mass is 35.5. The Morgan fingerprint density at radius 2 is 1.93 bits per heavy atom. The van der Waals surface area contributed by atoms with E-state index >= 15 is 0 Å². The summed E-state index contributed by atoms with van der Waals surface area (Å²) in [5, 5.41) is 7.58. The van der Waals surface area contributed by atoms with Crippen LogP contribution in [0.15, 0.2) is 42.7 Å². The first-order valence-corrected chi connectivity index (χ1v) is 9.56. The van der Waals surface area contributed by atoms with Gasteiger partial charge in [0.15, 0.2) is 0 Å². The Hall–Kier alpha value is -2.54. The summed E-state index contributed by atoms with van der Waals surface area (Å²) in [6.45, 7) is 3.13. The SMILES string of the molecule is O=C(CCCn1cccn1)N1CCCN(C(=O)Nc2cccc(Cl)c2)CC1. The van der Waals surface area contributed by atoms with Crippen molar-refractivity contribution in [3.05, 3.63) is 47.7 Å². The molecule has 1 aromatic heterocycles. The van der Waals surface area contributed by atoms with Gasteiger partial charge in [0.2, 0.25) is 5.91 Å². The number of aromatic nitrogens is 2. The fourth-order valence-corrected chi connectivity index (χ4v) is 3.31. The van der Waals surface area contributed by atoms with E-state index < -0.39 is 0 Å². The lowest BCUT2D eigenvalue weighted by molar-refractivity contribution is -0.131. The molecule has 1 aliphatic heterocycles. The fraction of sp³-hybridized carbons (Fsp3) is 0.421. The number of aryl methyl sites for hydroxylation is 1. The standard InChI is InChI=1S/C19H24ClN5O2/c20-16-5-1-6-17(15-16)22-19(27)24-10-4-9-23(13-14-24)18(26)7-2-11-25-12-3-8-21-25/h1,3,5-6,8,12,15H,2,4,7,9-11,13-14H2,(H,22,27). The molecule has 1 N–H and O–H groups in total. The lowest BCUT2D eigenvalue weighted by Gasteiger charge is -2.22. The molecular formula is C19H24ClN5O2. The quantitative estimate of drug-likeness (QED) is 0.854. The molecule has 3 amide bonds. The lowest BCUT2D eigenvalue weighted by atomic mass is 10.2. The number of anilines is 1. The van der Waals surface area contributed by atoms with Crippen LogP contribution in [-0.2, 0) is 11.3 Å². The molecule has 0 spiro atoms. The normalized spacial score (nSPS) is 14.7. The number of hydrogen-bond acceptors (Lipinski definition) is 3. The second-order valence-electron chi connectivity index (χ2n) is 6.53. The first-order valence-electron chi connectivity index (χ1n) is 9.18. The van der Waals surface area contributed by atoms with Gasteiger partial charge in [-0.2, -0.15) is 5.10 Å². The lowest BCUT2D eigenvalue weighted by Crippen LogP contribution is -2.39. The van der Waals surface area contributed by atoms with Gasteiger partial charge in [-0.3, -0.25) is 9.48 Å². The van der Waals surface area contributed by atoms with Gasteiger partial charge in [0.1, 0.15) is 0 Å². The van der Waals surface area contributed by atoms with Gasteiger partial charge < -0.3 is 15.1 Å². The van der Waals surface area contributed by atoms with Gasteiger partial charge in [0.05, 0.1) is 0 Å². The maximum Gasteiger partial charge on any atom is 0.321 e. The number of halogens is 1. The molecule has 2 heterocycles. The maximum absolute atomic E-state index is 12.5. The Kier molecular flexibility index (Phi) is 6.70. The van der Waals surface area contributed by atoms with Gasteiger partial charge >= 0.3 is 6.03 Å². The van der Waals surface area contributed by atoms with Crippen molar-refractivity contribution in [1.29, 1.82) is 0 Å². The molecule has 1 fully saturated rings. The summed E-state index contributed by atoms with van der Waals surface area (Å²) in [5.41, 5.74) is 0.670. The summed E-state index contributed by atoms with van der Waals surface area (Å²) >= 11 is 5.95. The van der Waals surface area contributed by atoms with Crippen LogP contribution in [0.2, 0.25) is 5.02 Å². The largest absolute Gasteiger partial charge is 0.341 e. The summed E-state index contributed by atoms with van der Waals surface area (Å²) in [4.78, 5) is 28.5. The molecule has 0 saturated carbocycles. The Balaban J connectivity index is 1.45. The van der Waals surface area contributed by atoms with Gasteiger partial charge in [-0.05, 0) is 37.1 Å². The van der Waals surface area contributed by atoms with Crippen molar-refractivity contribution in [1.82, 2.24) is 19.6 Å². The van der Waals surface area contributed by atoms with Crippen molar-refractivity contribution in [2.24, 2.45) is 0 Å². The van der Waals surface area contributed by atoms with Crippen molar-refractivity contribution < 1.29 is 9.59 Å². The van der Waals surface area contributed by atoms with E-state index in [1.165, 1.54) is 0 Å². The van der Waals surface area contributed by atoms with E-state index in [9.17, 15) is 9.59 Å². The molecule has 1 aromatic carbocycles. The van der Waals surface area contributed by atoms with Crippen molar-refractivity contribution in [2.45, 2.75) is 25.8 Å². The maximum atomic E-state index is 12.5. The molecule has 7 nitrogen and oxygen atoms in total. The number of carbonyl (C=O) groups is 2. The molecule has 27 heavy (non-hydrogen) atoms. The third kappa shape index (κ3) is 5.72. The number of hydrogen-bond donors (Lipinski definition) is 1. The molecule has 1 saturated heterocycles. The van der Waals surface area contributed by atoms with Gasteiger partial charge in [0.25, 0.3) is 0 Å². The van der Waals surface area contributed by atoms with Crippen LogP contribution in [0.3, 0.4) is 0 Å². The summed E-state index contributed by atoms with van der Waals surface area (Å²) < 4.78 is 1.83. The zero-order valence-electron chi connectivity index (χ0n) is 15.2. The molecule has 1 aliphatic rings. The Morgan fingerprint density at radius 3 is 2.70 bits per heavy atom. The molecule has 0 unspecified atom stereocenters. The first kappa shape index (κ1) is 19.2. The van der Waals surface area contributed by atoms with Crippen LogP contribution in [0.5, 0.6) is 0 Å². The van der Waals surface area contributed by atoms with Crippen LogP contribution >= 0.6 is 11.6 Å². The van der Waals surface area contributed by atoms with Crippen LogP contribution in [-0.4, -0.2) is 57.7 Å². The minimum atomic E-state index is -0.162. The summed E-state index contributed by atoms with van der Waals surface area (Å²) in [5.74, 6) is 0.138. The molecule has 0 radical (unpaired) electrons. The number of carbonyl (C=O) groups excluding carboxylic acids is 2. The van der Waals surface area contributed by atoms with Crippen LogP contribution in [0, 0.1) is 0 Å². The summed E-state index contributed by atoms with van der Waals surface area (Å²) in [6, 6.07) is 8.79.